The molecule has 1 heterocycles. The second-order valence-electron chi connectivity index (χ2n) is 7.37. The summed E-state index contributed by atoms with van der Waals surface area (Å²) in [5.74, 6) is 1.82. The second-order valence-corrected chi connectivity index (χ2v) is 7.79. The molecule has 2 aromatic carbocycles. The Hall–Kier alpha value is -2.00. The van der Waals surface area contributed by atoms with Gasteiger partial charge in [-0.15, -0.1) is 0 Å². The zero-order chi connectivity index (χ0) is 18.9. The monoisotopic (exact) mass is 372 g/mol. The average molecular weight is 373 g/mol. The lowest BCUT2D eigenvalue weighted by molar-refractivity contribution is -0.115. The molecule has 138 valence electrons. The van der Waals surface area contributed by atoms with Gasteiger partial charge in [0.25, 0.3) is 0 Å². The predicted octanol–water partition coefficient (Wildman–Crippen LogP) is 5.43. The highest BCUT2D eigenvalue weighted by molar-refractivity contribution is 6.63. The van der Waals surface area contributed by atoms with E-state index in [1.54, 1.807) is 0 Å². The first-order valence-corrected chi connectivity index (χ1v) is 9.35. The van der Waals surface area contributed by atoms with E-state index in [-0.39, 0.29) is 11.7 Å². The van der Waals surface area contributed by atoms with Crippen molar-refractivity contribution < 1.29 is 14.3 Å². The van der Waals surface area contributed by atoms with Crippen LogP contribution in [0, 0.1) is 20.8 Å². The van der Waals surface area contributed by atoms with Crippen LogP contribution in [0.15, 0.2) is 30.3 Å². The predicted molar refractivity (Wildman–Crippen MR) is 104 cm³/mol. The summed E-state index contributed by atoms with van der Waals surface area (Å²) in [6.45, 7) is 8.70. The Morgan fingerprint density at radius 2 is 1.85 bits per heavy atom. The number of hydrogen-bond acceptors (Lipinski definition) is 3. The van der Waals surface area contributed by atoms with E-state index in [9.17, 15) is 4.79 Å². The Bertz CT molecular complexity index is 829. The molecule has 0 fully saturated rings. The summed E-state index contributed by atoms with van der Waals surface area (Å²) in [4.78, 5) is 11.4. The highest BCUT2D eigenvalue weighted by atomic mass is 35.5. The molecule has 4 heteroatoms. The molecule has 0 saturated heterocycles. The Morgan fingerprint density at radius 1 is 1.15 bits per heavy atom. The fourth-order valence-corrected chi connectivity index (χ4v) is 3.93. The van der Waals surface area contributed by atoms with E-state index in [1.165, 1.54) is 5.56 Å². The van der Waals surface area contributed by atoms with E-state index in [0.717, 1.165) is 46.6 Å². The molecule has 0 aromatic heterocycles. The summed E-state index contributed by atoms with van der Waals surface area (Å²) in [6, 6.07) is 10.2. The quantitative estimate of drug-likeness (QED) is 0.656. The van der Waals surface area contributed by atoms with Crippen molar-refractivity contribution in [3.8, 4) is 11.5 Å². The zero-order valence-electron chi connectivity index (χ0n) is 15.8. The van der Waals surface area contributed by atoms with Gasteiger partial charge in [0.05, 0.1) is 6.42 Å². The highest BCUT2D eigenvalue weighted by Crippen LogP contribution is 2.44. The van der Waals surface area contributed by atoms with Crippen LogP contribution in [0.2, 0.25) is 0 Å². The van der Waals surface area contributed by atoms with Gasteiger partial charge in [0, 0.05) is 5.56 Å². The molecule has 0 radical (unpaired) electrons. The molecule has 0 unspecified atom stereocenters. The topological polar surface area (TPSA) is 35.5 Å². The van der Waals surface area contributed by atoms with E-state index in [2.05, 4.69) is 32.9 Å². The molecule has 0 amide bonds. The lowest BCUT2D eigenvalue weighted by atomic mass is 9.86. The third-order valence-corrected chi connectivity index (χ3v) is 5.44. The van der Waals surface area contributed by atoms with Gasteiger partial charge in [0.1, 0.15) is 23.7 Å². The number of benzene rings is 2. The first-order chi connectivity index (χ1) is 12.3. The molecule has 1 atom stereocenters. The van der Waals surface area contributed by atoms with Crippen molar-refractivity contribution in [3.05, 3.63) is 58.1 Å². The molecule has 26 heavy (non-hydrogen) atoms. The standard InChI is InChI=1S/C22H25ClO3/c1-14-15(2)21-18(10-11-22(4,26-21)12-19(23)24)16(3)20(14)25-13-17-8-6-5-7-9-17/h5-9H,10-13H2,1-4H3/t22-/m0/s1. The van der Waals surface area contributed by atoms with Gasteiger partial charge in [0.2, 0.25) is 5.24 Å². The number of carbonyl (C=O) groups excluding carboxylic acids is 1. The van der Waals surface area contributed by atoms with Crippen LogP contribution in [0.5, 0.6) is 11.5 Å². The van der Waals surface area contributed by atoms with Gasteiger partial charge in [-0.25, -0.2) is 0 Å². The van der Waals surface area contributed by atoms with E-state index in [1.807, 2.05) is 25.1 Å². The Balaban J connectivity index is 1.91. The van der Waals surface area contributed by atoms with E-state index >= 15 is 0 Å². The Morgan fingerprint density at radius 3 is 2.50 bits per heavy atom. The number of fused-ring (bicyclic) bond motifs is 1. The maximum Gasteiger partial charge on any atom is 0.225 e. The lowest BCUT2D eigenvalue weighted by Gasteiger charge is -2.37. The van der Waals surface area contributed by atoms with Crippen molar-refractivity contribution in [2.75, 3.05) is 0 Å². The van der Waals surface area contributed by atoms with Crippen molar-refractivity contribution in [2.45, 2.75) is 59.2 Å². The summed E-state index contributed by atoms with van der Waals surface area (Å²) in [5.41, 5.74) is 5.06. The summed E-state index contributed by atoms with van der Waals surface area (Å²) in [6.07, 6.45) is 1.84. The van der Waals surface area contributed by atoms with E-state index in [0.29, 0.717) is 6.61 Å². The van der Waals surface area contributed by atoms with Crippen molar-refractivity contribution in [3.63, 3.8) is 0 Å². The number of hydrogen-bond donors (Lipinski definition) is 0. The van der Waals surface area contributed by atoms with Gasteiger partial charge in [-0.05, 0) is 74.4 Å². The normalized spacial score (nSPS) is 18.8. The zero-order valence-corrected chi connectivity index (χ0v) is 16.6. The minimum atomic E-state index is -0.540. The second kappa shape index (κ2) is 7.32. The van der Waals surface area contributed by atoms with E-state index < -0.39 is 5.60 Å². The third kappa shape index (κ3) is 3.73. The van der Waals surface area contributed by atoms with Crippen molar-refractivity contribution in [1.82, 2.24) is 0 Å². The molecule has 0 bridgehead atoms. The number of ether oxygens (including phenoxy) is 2. The fraction of sp³-hybridized carbons (Fsp3) is 0.409. The molecule has 1 aliphatic heterocycles. The molecule has 1 aliphatic rings. The molecule has 3 rings (SSSR count). The molecule has 0 saturated carbocycles. The largest absolute Gasteiger partial charge is 0.488 e. The summed E-state index contributed by atoms with van der Waals surface area (Å²) in [5, 5.41) is -0.357. The molecular formula is C22H25ClO3. The van der Waals surface area contributed by atoms with Crippen LogP contribution >= 0.6 is 11.6 Å². The van der Waals surface area contributed by atoms with Gasteiger partial charge >= 0.3 is 0 Å². The van der Waals surface area contributed by atoms with Crippen LogP contribution in [0.4, 0.5) is 0 Å². The molecule has 0 spiro atoms. The minimum Gasteiger partial charge on any atom is -0.488 e. The Kier molecular flexibility index (Phi) is 5.29. The van der Waals surface area contributed by atoms with E-state index in [4.69, 9.17) is 21.1 Å². The van der Waals surface area contributed by atoms with Crippen LogP contribution in [-0.4, -0.2) is 10.8 Å². The Labute approximate surface area is 160 Å². The number of rotatable bonds is 5. The van der Waals surface area contributed by atoms with Crippen LogP contribution in [0.1, 0.15) is 47.6 Å². The third-order valence-electron chi connectivity index (χ3n) is 5.30. The first-order valence-electron chi connectivity index (χ1n) is 8.97. The summed E-state index contributed by atoms with van der Waals surface area (Å²) < 4.78 is 12.5. The maximum absolute atomic E-state index is 11.4. The van der Waals surface area contributed by atoms with Crippen molar-refractivity contribution >= 4 is 16.8 Å². The van der Waals surface area contributed by atoms with Gasteiger partial charge < -0.3 is 9.47 Å². The van der Waals surface area contributed by atoms with Gasteiger partial charge in [-0.2, -0.15) is 0 Å². The van der Waals surface area contributed by atoms with Crippen LogP contribution in [0.25, 0.3) is 0 Å². The summed E-state index contributed by atoms with van der Waals surface area (Å²) in [7, 11) is 0. The first kappa shape index (κ1) is 18.8. The number of carbonyl (C=O) groups is 1. The van der Waals surface area contributed by atoms with Crippen LogP contribution in [-0.2, 0) is 17.8 Å². The maximum atomic E-state index is 11.4. The van der Waals surface area contributed by atoms with Gasteiger partial charge in [0.15, 0.2) is 0 Å². The molecule has 0 N–H and O–H groups in total. The van der Waals surface area contributed by atoms with Crippen molar-refractivity contribution in [2.24, 2.45) is 0 Å². The molecule has 0 aliphatic carbocycles. The summed E-state index contributed by atoms with van der Waals surface area (Å²) >= 11 is 5.62. The van der Waals surface area contributed by atoms with Crippen molar-refractivity contribution in [1.29, 1.82) is 0 Å². The fourth-order valence-electron chi connectivity index (χ4n) is 3.65. The molecule has 3 nitrogen and oxygen atoms in total. The number of halogens is 1. The highest BCUT2D eigenvalue weighted by Gasteiger charge is 2.36. The molecular weight excluding hydrogens is 348 g/mol. The minimum absolute atomic E-state index is 0.220. The molecule has 2 aromatic rings. The lowest BCUT2D eigenvalue weighted by Crippen LogP contribution is -2.38. The van der Waals surface area contributed by atoms with Crippen LogP contribution in [0.3, 0.4) is 0 Å². The SMILES string of the molecule is Cc1c(C)c2c(c(C)c1OCc1ccccc1)CC[C@@](C)(CC(=O)Cl)O2. The van der Waals surface area contributed by atoms with Gasteiger partial charge in [-0.1, -0.05) is 30.3 Å². The van der Waals surface area contributed by atoms with Gasteiger partial charge in [-0.3, -0.25) is 4.79 Å². The van der Waals surface area contributed by atoms with Crippen LogP contribution < -0.4 is 9.47 Å². The smallest absolute Gasteiger partial charge is 0.225 e. The average Bonchev–Trinajstić information content (AvgIpc) is 2.59.